The van der Waals surface area contributed by atoms with Crippen LogP contribution in [0.3, 0.4) is 0 Å². The molecule has 3 rings (SSSR count). The summed E-state index contributed by atoms with van der Waals surface area (Å²) in [7, 11) is 1.61. The molecule has 1 amide bonds. The van der Waals surface area contributed by atoms with Crippen molar-refractivity contribution < 1.29 is 18.7 Å². The number of methoxy groups -OCH3 is 1. The molecule has 1 N–H and O–H groups in total. The summed E-state index contributed by atoms with van der Waals surface area (Å²) < 4.78 is 16.6. The third-order valence-corrected chi connectivity index (χ3v) is 4.74. The van der Waals surface area contributed by atoms with Gasteiger partial charge in [0.1, 0.15) is 17.1 Å². The first-order valence-corrected chi connectivity index (χ1v) is 10.0. The molecule has 0 bridgehead atoms. The van der Waals surface area contributed by atoms with E-state index >= 15 is 0 Å². The van der Waals surface area contributed by atoms with Crippen molar-refractivity contribution in [1.82, 2.24) is 5.43 Å². The Morgan fingerprint density at radius 1 is 1.13 bits per heavy atom. The molecule has 0 atom stereocenters. The lowest BCUT2D eigenvalue weighted by Gasteiger charge is -2.21. The summed E-state index contributed by atoms with van der Waals surface area (Å²) in [6.45, 7) is 8.53. The highest BCUT2D eigenvalue weighted by Crippen LogP contribution is 2.25. The van der Waals surface area contributed by atoms with Crippen LogP contribution < -0.4 is 19.8 Å². The number of ether oxygens (including phenoxy) is 2. The van der Waals surface area contributed by atoms with Gasteiger partial charge in [0.15, 0.2) is 5.76 Å². The number of anilines is 1. The molecule has 0 spiro atoms. The number of hydrazone groups is 1. The fourth-order valence-electron chi connectivity index (χ4n) is 3.20. The fraction of sp³-hybridized carbons (Fsp3) is 0.304. The zero-order valence-corrected chi connectivity index (χ0v) is 17.8. The van der Waals surface area contributed by atoms with Gasteiger partial charge < -0.3 is 18.8 Å². The standard InChI is InChI=1S/C23H27N3O4/c1-5-26(6-2)18-9-8-16(21(14-18)28-4)15-24-25-23(27)22-13-17-12-19(29-7-3)10-11-20(17)30-22/h8-15H,5-7H2,1-4H3,(H,25,27)/b24-15+. The highest BCUT2D eigenvalue weighted by Gasteiger charge is 2.12. The summed E-state index contributed by atoms with van der Waals surface area (Å²) in [5.74, 6) is 1.17. The van der Waals surface area contributed by atoms with E-state index < -0.39 is 5.91 Å². The zero-order valence-electron chi connectivity index (χ0n) is 17.8. The van der Waals surface area contributed by atoms with E-state index in [2.05, 4.69) is 29.3 Å². The van der Waals surface area contributed by atoms with Gasteiger partial charge in [-0.25, -0.2) is 5.43 Å². The molecular weight excluding hydrogens is 382 g/mol. The van der Waals surface area contributed by atoms with Gasteiger partial charge in [0.25, 0.3) is 0 Å². The van der Waals surface area contributed by atoms with Crippen LogP contribution in [0.25, 0.3) is 11.0 Å². The number of hydrogen-bond acceptors (Lipinski definition) is 6. The zero-order chi connectivity index (χ0) is 21.5. The van der Waals surface area contributed by atoms with E-state index in [9.17, 15) is 4.79 Å². The molecule has 30 heavy (non-hydrogen) atoms. The smallest absolute Gasteiger partial charge is 0.307 e. The molecule has 0 fully saturated rings. The number of nitrogens with one attached hydrogen (secondary N) is 1. The minimum Gasteiger partial charge on any atom is -0.496 e. The van der Waals surface area contributed by atoms with Crippen LogP contribution in [0.1, 0.15) is 36.9 Å². The number of amides is 1. The number of benzene rings is 2. The lowest BCUT2D eigenvalue weighted by molar-refractivity contribution is 0.0929. The molecule has 0 saturated heterocycles. The molecule has 0 unspecified atom stereocenters. The van der Waals surface area contributed by atoms with Crippen molar-refractivity contribution >= 4 is 28.8 Å². The van der Waals surface area contributed by atoms with E-state index in [4.69, 9.17) is 13.9 Å². The van der Waals surface area contributed by atoms with Crippen molar-refractivity contribution in [3.8, 4) is 11.5 Å². The summed E-state index contributed by atoms with van der Waals surface area (Å²) in [4.78, 5) is 14.6. The Bertz CT molecular complexity index is 1040. The van der Waals surface area contributed by atoms with Crippen LogP contribution in [0.2, 0.25) is 0 Å². The molecule has 158 valence electrons. The number of furan rings is 1. The first kappa shape index (κ1) is 21.2. The van der Waals surface area contributed by atoms with E-state index in [-0.39, 0.29) is 5.76 Å². The van der Waals surface area contributed by atoms with E-state index in [1.807, 2.05) is 37.3 Å². The molecule has 2 aromatic carbocycles. The molecular formula is C23H27N3O4. The molecule has 0 aliphatic rings. The lowest BCUT2D eigenvalue weighted by atomic mass is 10.2. The molecule has 0 saturated carbocycles. The number of fused-ring (bicyclic) bond motifs is 1. The molecule has 1 heterocycles. The normalized spacial score (nSPS) is 11.1. The number of nitrogens with zero attached hydrogens (tertiary/aromatic N) is 2. The first-order chi connectivity index (χ1) is 14.6. The van der Waals surface area contributed by atoms with Crippen molar-refractivity contribution in [2.45, 2.75) is 20.8 Å². The molecule has 3 aromatic rings. The minimum atomic E-state index is -0.431. The van der Waals surface area contributed by atoms with Crippen LogP contribution in [0.5, 0.6) is 11.5 Å². The predicted molar refractivity (Wildman–Crippen MR) is 119 cm³/mol. The van der Waals surface area contributed by atoms with Crippen molar-refractivity contribution in [2.75, 3.05) is 31.7 Å². The molecule has 0 aliphatic heterocycles. The topological polar surface area (TPSA) is 76.3 Å². The summed E-state index contributed by atoms with van der Waals surface area (Å²) in [5, 5.41) is 4.85. The summed E-state index contributed by atoms with van der Waals surface area (Å²) in [6, 6.07) is 13.0. The quantitative estimate of drug-likeness (QED) is 0.417. The maximum absolute atomic E-state index is 12.4. The fourth-order valence-corrected chi connectivity index (χ4v) is 3.20. The maximum Gasteiger partial charge on any atom is 0.307 e. The second-order valence-corrected chi connectivity index (χ2v) is 6.54. The Balaban J connectivity index is 1.71. The Kier molecular flexibility index (Phi) is 6.95. The van der Waals surface area contributed by atoms with Crippen molar-refractivity contribution in [3.63, 3.8) is 0 Å². The van der Waals surface area contributed by atoms with E-state index in [1.165, 1.54) is 0 Å². The van der Waals surface area contributed by atoms with Gasteiger partial charge >= 0.3 is 5.91 Å². The SMILES string of the molecule is CCOc1ccc2oc(C(=O)N/N=C/c3ccc(N(CC)CC)cc3OC)cc2c1. The third kappa shape index (κ3) is 4.74. The summed E-state index contributed by atoms with van der Waals surface area (Å²) >= 11 is 0. The third-order valence-electron chi connectivity index (χ3n) is 4.74. The van der Waals surface area contributed by atoms with Gasteiger partial charge in [-0.3, -0.25) is 4.79 Å². The summed E-state index contributed by atoms with van der Waals surface area (Å²) in [5.41, 5.74) is 4.95. The Labute approximate surface area is 176 Å². The number of carbonyl (C=O) groups excluding carboxylic acids is 1. The van der Waals surface area contributed by atoms with Crippen molar-refractivity contribution in [1.29, 1.82) is 0 Å². The Hall–Kier alpha value is -3.48. The van der Waals surface area contributed by atoms with Crippen molar-refractivity contribution in [3.05, 3.63) is 53.8 Å². The second kappa shape index (κ2) is 9.82. The van der Waals surface area contributed by atoms with E-state index in [0.29, 0.717) is 17.9 Å². The average molecular weight is 409 g/mol. The number of rotatable bonds is 9. The van der Waals surface area contributed by atoms with Crippen LogP contribution in [-0.4, -0.2) is 38.9 Å². The van der Waals surface area contributed by atoms with Gasteiger partial charge in [-0.1, -0.05) is 0 Å². The molecule has 1 aromatic heterocycles. The van der Waals surface area contributed by atoms with Gasteiger partial charge in [-0.15, -0.1) is 0 Å². The monoisotopic (exact) mass is 409 g/mol. The van der Waals surface area contributed by atoms with Crippen LogP contribution in [0.15, 0.2) is 52.0 Å². The van der Waals surface area contributed by atoms with Crippen LogP contribution in [0.4, 0.5) is 5.69 Å². The predicted octanol–water partition coefficient (Wildman–Crippen LogP) is 4.45. The van der Waals surface area contributed by atoms with Gasteiger partial charge in [0, 0.05) is 35.8 Å². The molecule has 7 heteroatoms. The molecule has 7 nitrogen and oxygen atoms in total. The largest absolute Gasteiger partial charge is 0.496 e. The van der Waals surface area contributed by atoms with Gasteiger partial charge in [-0.2, -0.15) is 5.10 Å². The van der Waals surface area contributed by atoms with E-state index in [0.717, 1.165) is 35.5 Å². The maximum atomic E-state index is 12.4. The van der Waals surface area contributed by atoms with Gasteiger partial charge in [0.05, 0.1) is 19.9 Å². The average Bonchev–Trinajstić information content (AvgIpc) is 3.19. The van der Waals surface area contributed by atoms with Crippen LogP contribution >= 0.6 is 0 Å². The lowest BCUT2D eigenvalue weighted by Crippen LogP contribution is -2.21. The molecule has 0 radical (unpaired) electrons. The number of carbonyl (C=O) groups is 1. The summed E-state index contributed by atoms with van der Waals surface area (Å²) in [6.07, 6.45) is 1.55. The Morgan fingerprint density at radius 3 is 2.63 bits per heavy atom. The van der Waals surface area contributed by atoms with E-state index in [1.54, 1.807) is 25.5 Å². The minimum absolute atomic E-state index is 0.180. The highest BCUT2D eigenvalue weighted by molar-refractivity contribution is 5.97. The van der Waals surface area contributed by atoms with Gasteiger partial charge in [-0.05, 0) is 57.2 Å². The number of hydrogen-bond donors (Lipinski definition) is 1. The van der Waals surface area contributed by atoms with Gasteiger partial charge in [0.2, 0.25) is 0 Å². The van der Waals surface area contributed by atoms with Crippen molar-refractivity contribution in [2.24, 2.45) is 5.10 Å². The molecule has 0 aliphatic carbocycles. The first-order valence-electron chi connectivity index (χ1n) is 10.0. The second-order valence-electron chi connectivity index (χ2n) is 6.54. The van der Waals surface area contributed by atoms with Crippen LogP contribution in [-0.2, 0) is 0 Å². The Morgan fingerprint density at radius 2 is 1.93 bits per heavy atom. The highest BCUT2D eigenvalue weighted by atomic mass is 16.5. The van der Waals surface area contributed by atoms with Crippen LogP contribution in [0, 0.1) is 0 Å².